The van der Waals surface area contributed by atoms with Crippen LogP contribution < -0.4 is 10.6 Å². The lowest BCUT2D eigenvalue weighted by Gasteiger charge is -2.07. The summed E-state index contributed by atoms with van der Waals surface area (Å²) in [5, 5.41) is 5.90. The summed E-state index contributed by atoms with van der Waals surface area (Å²) in [6.45, 7) is 2.94. The number of nitrogens with one attached hydrogen (secondary N) is 2. The van der Waals surface area contributed by atoms with Crippen LogP contribution >= 0.6 is 0 Å². The van der Waals surface area contributed by atoms with Crippen molar-refractivity contribution < 1.29 is 9.53 Å². The molecular formula is C11H16N2O2. The Kier molecular flexibility index (Phi) is 4.63. The van der Waals surface area contributed by atoms with E-state index in [-0.39, 0.29) is 5.91 Å². The van der Waals surface area contributed by atoms with Gasteiger partial charge in [-0.25, -0.2) is 0 Å². The fraction of sp³-hybridized carbons (Fsp3) is 0.364. The third-order valence-electron chi connectivity index (χ3n) is 1.84. The van der Waals surface area contributed by atoms with Crippen LogP contribution in [0.25, 0.3) is 0 Å². The SMILES string of the molecule is COCCNc1ccc(NC(C)=O)cc1. The lowest BCUT2D eigenvalue weighted by atomic mass is 10.3. The molecule has 82 valence electrons. The summed E-state index contributed by atoms with van der Waals surface area (Å²) in [6, 6.07) is 7.55. The Hall–Kier alpha value is -1.55. The van der Waals surface area contributed by atoms with Crippen molar-refractivity contribution in [3.63, 3.8) is 0 Å². The Morgan fingerprint density at radius 3 is 2.40 bits per heavy atom. The van der Waals surface area contributed by atoms with Gasteiger partial charge in [0, 0.05) is 32.0 Å². The minimum absolute atomic E-state index is 0.0601. The van der Waals surface area contributed by atoms with Crippen LogP contribution in [0.4, 0.5) is 11.4 Å². The summed E-state index contributed by atoms with van der Waals surface area (Å²) in [5.74, 6) is -0.0601. The lowest BCUT2D eigenvalue weighted by Crippen LogP contribution is -2.08. The van der Waals surface area contributed by atoms with E-state index in [0.29, 0.717) is 6.61 Å². The quantitative estimate of drug-likeness (QED) is 0.724. The Labute approximate surface area is 89.6 Å². The molecule has 0 radical (unpaired) electrons. The lowest BCUT2D eigenvalue weighted by molar-refractivity contribution is -0.114. The maximum Gasteiger partial charge on any atom is 0.221 e. The molecule has 0 bridgehead atoms. The van der Waals surface area contributed by atoms with Crippen LogP contribution in [0.2, 0.25) is 0 Å². The van der Waals surface area contributed by atoms with Crippen LogP contribution in [0.15, 0.2) is 24.3 Å². The molecule has 0 aromatic heterocycles. The van der Waals surface area contributed by atoms with Gasteiger partial charge in [0.1, 0.15) is 0 Å². The Morgan fingerprint density at radius 1 is 1.27 bits per heavy atom. The van der Waals surface area contributed by atoms with Crippen LogP contribution in [0, 0.1) is 0 Å². The number of carbonyl (C=O) groups is 1. The molecule has 1 aromatic carbocycles. The monoisotopic (exact) mass is 208 g/mol. The standard InChI is InChI=1S/C11H16N2O2/c1-9(14)13-11-5-3-10(4-6-11)12-7-8-15-2/h3-6,12H,7-8H2,1-2H3,(H,13,14). The van der Waals surface area contributed by atoms with Gasteiger partial charge in [-0.1, -0.05) is 0 Å². The number of benzene rings is 1. The van der Waals surface area contributed by atoms with E-state index in [1.54, 1.807) is 7.11 Å². The maximum absolute atomic E-state index is 10.8. The summed E-state index contributed by atoms with van der Waals surface area (Å²) in [5.41, 5.74) is 1.82. The molecule has 0 unspecified atom stereocenters. The van der Waals surface area contributed by atoms with Crippen molar-refractivity contribution in [2.45, 2.75) is 6.92 Å². The molecule has 1 amide bonds. The first-order chi connectivity index (χ1) is 7.22. The molecule has 0 fully saturated rings. The van der Waals surface area contributed by atoms with Crippen LogP contribution in [-0.4, -0.2) is 26.2 Å². The first-order valence-corrected chi connectivity index (χ1v) is 4.83. The Balaban J connectivity index is 2.45. The molecule has 0 heterocycles. The minimum Gasteiger partial charge on any atom is -0.383 e. The van der Waals surface area contributed by atoms with Gasteiger partial charge in [0.15, 0.2) is 0 Å². The highest BCUT2D eigenvalue weighted by atomic mass is 16.5. The average Bonchev–Trinajstić information content (AvgIpc) is 2.20. The molecule has 0 spiro atoms. The highest BCUT2D eigenvalue weighted by Gasteiger charge is 1.95. The Bertz CT molecular complexity index is 309. The zero-order chi connectivity index (χ0) is 11.1. The molecule has 2 N–H and O–H groups in total. The predicted molar refractivity (Wildman–Crippen MR) is 61.1 cm³/mol. The van der Waals surface area contributed by atoms with E-state index in [9.17, 15) is 4.79 Å². The number of methoxy groups -OCH3 is 1. The number of hydrogen-bond donors (Lipinski definition) is 2. The number of hydrogen-bond acceptors (Lipinski definition) is 3. The van der Waals surface area contributed by atoms with Crippen LogP contribution in [0.5, 0.6) is 0 Å². The van der Waals surface area contributed by atoms with E-state index in [4.69, 9.17) is 4.74 Å². The van der Waals surface area contributed by atoms with Crippen molar-refractivity contribution in [3.8, 4) is 0 Å². The van der Waals surface area contributed by atoms with E-state index in [0.717, 1.165) is 17.9 Å². The molecule has 0 aliphatic carbocycles. The number of amides is 1. The third kappa shape index (κ3) is 4.46. The molecule has 4 nitrogen and oxygen atoms in total. The van der Waals surface area contributed by atoms with Crippen molar-refractivity contribution in [1.29, 1.82) is 0 Å². The van der Waals surface area contributed by atoms with Crippen LogP contribution in [0.3, 0.4) is 0 Å². The largest absolute Gasteiger partial charge is 0.383 e. The van der Waals surface area contributed by atoms with Crippen LogP contribution in [-0.2, 0) is 9.53 Å². The van der Waals surface area contributed by atoms with Gasteiger partial charge >= 0.3 is 0 Å². The van der Waals surface area contributed by atoms with Crippen molar-refractivity contribution >= 4 is 17.3 Å². The van der Waals surface area contributed by atoms with E-state index < -0.39 is 0 Å². The van der Waals surface area contributed by atoms with Gasteiger partial charge in [-0.15, -0.1) is 0 Å². The van der Waals surface area contributed by atoms with Gasteiger partial charge in [-0.05, 0) is 24.3 Å². The zero-order valence-corrected chi connectivity index (χ0v) is 9.04. The molecule has 0 aliphatic heterocycles. The average molecular weight is 208 g/mol. The van der Waals surface area contributed by atoms with Gasteiger partial charge in [0.2, 0.25) is 5.91 Å². The normalized spacial score (nSPS) is 9.73. The van der Waals surface area contributed by atoms with Gasteiger partial charge in [-0.2, -0.15) is 0 Å². The van der Waals surface area contributed by atoms with Crippen molar-refractivity contribution in [3.05, 3.63) is 24.3 Å². The molecule has 0 saturated heterocycles. The van der Waals surface area contributed by atoms with Gasteiger partial charge < -0.3 is 15.4 Å². The molecule has 4 heteroatoms. The summed E-state index contributed by atoms with van der Waals surface area (Å²) in [6.07, 6.45) is 0. The van der Waals surface area contributed by atoms with Crippen molar-refractivity contribution in [1.82, 2.24) is 0 Å². The fourth-order valence-electron chi connectivity index (χ4n) is 1.17. The third-order valence-corrected chi connectivity index (χ3v) is 1.84. The fourth-order valence-corrected chi connectivity index (χ4v) is 1.17. The van der Waals surface area contributed by atoms with E-state index in [1.807, 2.05) is 24.3 Å². The molecule has 15 heavy (non-hydrogen) atoms. The van der Waals surface area contributed by atoms with Gasteiger partial charge in [0.05, 0.1) is 6.61 Å². The minimum atomic E-state index is -0.0601. The molecular weight excluding hydrogens is 192 g/mol. The van der Waals surface area contributed by atoms with E-state index >= 15 is 0 Å². The highest BCUT2D eigenvalue weighted by Crippen LogP contribution is 2.12. The van der Waals surface area contributed by atoms with Crippen molar-refractivity contribution in [2.75, 3.05) is 30.9 Å². The molecule has 1 rings (SSSR count). The number of carbonyl (C=O) groups excluding carboxylic acids is 1. The molecule has 0 aliphatic rings. The number of ether oxygens (including phenoxy) is 1. The summed E-state index contributed by atoms with van der Waals surface area (Å²) in [4.78, 5) is 10.8. The Morgan fingerprint density at radius 2 is 1.87 bits per heavy atom. The van der Waals surface area contributed by atoms with Gasteiger partial charge in [-0.3, -0.25) is 4.79 Å². The second-order valence-corrected chi connectivity index (χ2v) is 3.18. The molecule has 0 atom stereocenters. The molecule has 1 aromatic rings. The summed E-state index contributed by atoms with van der Waals surface area (Å²) >= 11 is 0. The topological polar surface area (TPSA) is 50.4 Å². The summed E-state index contributed by atoms with van der Waals surface area (Å²) < 4.78 is 4.92. The van der Waals surface area contributed by atoms with E-state index in [1.165, 1.54) is 6.92 Å². The van der Waals surface area contributed by atoms with Crippen molar-refractivity contribution in [2.24, 2.45) is 0 Å². The van der Waals surface area contributed by atoms with Gasteiger partial charge in [0.25, 0.3) is 0 Å². The second kappa shape index (κ2) is 6.03. The number of rotatable bonds is 5. The maximum atomic E-state index is 10.8. The highest BCUT2D eigenvalue weighted by molar-refractivity contribution is 5.88. The number of anilines is 2. The predicted octanol–water partition coefficient (Wildman–Crippen LogP) is 1.70. The van der Waals surface area contributed by atoms with Crippen LogP contribution in [0.1, 0.15) is 6.92 Å². The smallest absolute Gasteiger partial charge is 0.221 e. The van der Waals surface area contributed by atoms with E-state index in [2.05, 4.69) is 10.6 Å². The zero-order valence-electron chi connectivity index (χ0n) is 9.04. The first kappa shape index (κ1) is 11.5. The second-order valence-electron chi connectivity index (χ2n) is 3.18. The first-order valence-electron chi connectivity index (χ1n) is 4.83. The summed E-state index contributed by atoms with van der Waals surface area (Å²) in [7, 11) is 1.67. The molecule has 0 saturated carbocycles.